The second-order valence-corrected chi connectivity index (χ2v) is 4.21. The number of carbonyl (C=O) groups excluding carboxylic acids is 1. The van der Waals surface area contributed by atoms with Crippen molar-refractivity contribution in [3.8, 4) is 0 Å². The Bertz CT molecular complexity index is 274. The SMILES string of the molecule is CC(C)N(CCCl)C(=O)C(C(F)(F)F)C(F)(F)F. The highest BCUT2D eigenvalue weighted by Crippen LogP contribution is 2.40. The predicted molar refractivity (Wildman–Crippen MR) is 53.2 cm³/mol. The van der Waals surface area contributed by atoms with E-state index >= 15 is 0 Å². The van der Waals surface area contributed by atoms with Crippen LogP contribution in [-0.2, 0) is 4.79 Å². The molecule has 0 saturated heterocycles. The van der Waals surface area contributed by atoms with E-state index in [1.165, 1.54) is 13.8 Å². The molecule has 18 heavy (non-hydrogen) atoms. The molecule has 0 saturated carbocycles. The molecule has 0 aliphatic carbocycles. The summed E-state index contributed by atoms with van der Waals surface area (Å²) in [5.74, 6) is -6.27. The van der Waals surface area contributed by atoms with E-state index in [0.717, 1.165) is 0 Å². The Morgan fingerprint density at radius 2 is 1.50 bits per heavy atom. The van der Waals surface area contributed by atoms with Crippen LogP contribution in [0.3, 0.4) is 0 Å². The van der Waals surface area contributed by atoms with Crippen molar-refractivity contribution in [2.45, 2.75) is 32.2 Å². The molecule has 0 fully saturated rings. The maximum atomic E-state index is 12.3. The number of halogens is 7. The van der Waals surface area contributed by atoms with E-state index in [1.807, 2.05) is 0 Å². The van der Waals surface area contributed by atoms with Crippen molar-refractivity contribution < 1.29 is 31.1 Å². The highest BCUT2D eigenvalue weighted by Gasteiger charge is 2.62. The molecule has 0 aliphatic rings. The third-order valence-corrected chi connectivity index (χ3v) is 2.30. The first kappa shape index (κ1) is 17.3. The van der Waals surface area contributed by atoms with Gasteiger partial charge in [-0.05, 0) is 13.8 Å². The molecule has 2 nitrogen and oxygen atoms in total. The summed E-state index contributed by atoms with van der Waals surface area (Å²) in [5, 5.41) is 0. The van der Waals surface area contributed by atoms with E-state index in [0.29, 0.717) is 4.90 Å². The smallest absolute Gasteiger partial charge is 0.338 e. The van der Waals surface area contributed by atoms with Gasteiger partial charge < -0.3 is 4.90 Å². The van der Waals surface area contributed by atoms with Gasteiger partial charge in [-0.1, -0.05) is 0 Å². The summed E-state index contributed by atoms with van der Waals surface area (Å²) in [5.41, 5.74) is 0. The van der Waals surface area contributed by atoms with Crippen molar-refractivity contribution in [1.29, 1.82) is 0 Å². The molecule has 108 valence electrons. The Hall–Kier alpha value is -0.660. The van der Waals surface area contributed by atoms with Crippen molar-refractivity contribution in [3.63, 3.8) is 0 Å². The number of hydrogen-bond donors (Lipinski definition) is 0. The van der Waals surface area contributed by atoms with Crippen LogP contribution in [0.25, 0.3) is 0 Å². The summed E-state index contributed by atoms with van der Waals surface area (Å²) in [6.07, 6.45) is -11.3. The molecule has 0 aromatic rings. The highest BCUT2D eigenvalue weighted by molar-refractivity contribution is 6.18. The fraction of sp³-hybridized carbons (Fsp3) is 0.889. The zero-order valence-corrected chi connectivity index (χ0v) is 10.3. The number of amides is 1. The van der Waals surface area contributed by atoms with Crippen molar-refractivity contribution >= 4 is 17.5 Å². The van der Waals surface area contributed by atoms with Crippen molar-refractivity contribution in [2.75, 3.05) is 12.4 Å². The number of hydrogen-bond acceptors (Lipinski definition) is 1. The van der Waals surface area contributed by atoms with Gasteiger partial charge >= 0.3 is 12.4 Å². The van der Waals surface area contributed by atoms with Gasteiger partial charge in [0.05, 0.1) is 0 Å². The van der Waals surface area contributed by atoms with Gasteiger partial charge in [0.1, 0.15) is 0 Å². The predicted octanol–water partition coefficient (Wildman–Crippen LogP) is 3.20. The van der Waals surface area contributed by atoms with Gasteiger partial charge in [0.2, 0.25) is 11.8 Å². The van der Waals surface area contributed by atoms with E-state index in [9.17, 15) is 31.1 Å². The zero-order chi connectivity index (χ0) is 14.7. The molecular weight excluding hydrogens is 288 g/mol. The summed E-state index contributed by atoms with van der Waals surface area (Å²) in [4.78, 5) is 11.9. The van der Waals surface area contributed by atoms with Crippen LogP contribution in [0.15, 0.2) is 0 Å². The molecule has 9 heteroatoms. The fourth-order valence-corrected chi connectivity index (χ4v) is 1.53. The van der Waals surface area contributed by atoms with Crippen LogP contribution < -0.4 is 0 Å². The molecule has 0 rings (SSSR count). The van der Waals surface area contributed by atoms with Crippen LogP contribution in [0.5, 0.6) is 0 Å². The molecule has 0 aliphatic heterocycles. The van der Waals surface area contributed by atoms with Crippen molar-refractivity contribution in [1.82, 2.24) is 4.90 Å². The van der Waals surface area contributed by atoms with E-state index < -0.39 is 30.2 Å². The minimum atomic E-state index is -5.67. The highest BCUT2D eigenvalue weighted by atomic mass is 35.5. The lowest BCUT2D eigenvalue weighted by molar-refractivity contribution is -0.278. The summed E-state index contributed by atoms with van der Waals surface area (Å²) in [7, 11) is 0. The molecule has 0 bridgehead atoms. The standard InChI is InChI=1S/C9H12ClF6NO/c1-5(2)17(4-3-10)7(18)6(8(11,12)13)9(14,15)16/h5-6H,3-4H2,1-2H3. The maximum absolute atomic E-state index is 12.3. The first-order chi connectivity index (χ1) is 7.92. The molecule has 0 atom stereocenters. The monoisotopic (exact) mass is 299 g/mol. The topological polar surface area (TPSA) is 20.3 Å². The lowest BCUT2D eigenvalue weighted by Crippen LogP contribution is -2.52. The molecule has 0 aromatic heterocycles. The van der Waals surface area contributed by atoms with Crippen LogP contribution in [0, 0.1) is 5.92 Å². The van der Waals surface area contributed by atoms with E-state index in [1.54, 1.807) is 0 Å². The van der Waals surface area contributed by atoms with Gasteiger partial charge in [-0.25, -0.2) is 0 Å². The third-order valence-electron chi connectivity index (χ3n) is 2.13. The van der Waals surface area contributed by atoms with E-state index in [-0.39, 0.29) is 12.4 Å². The average Bonchev–Trinajstić information content (AvgIpc) is 2.08. The Morgan fingerprint density at radius 1 is 1.11 bits per heavy atom. The Kier molecular flexibility index (Phi) is 5.77. The Balaban J connectivity index is 5.31. The summed E-state index contributed by atoms with van der Waals surface area (Å²) in [6, 6.07) is -0.802. The van der Waals surface area contributed by atoms with Gasteiger partial charge in [-0.15, -0.1) is 11.6 Å². The lowest BCUT2D eigenvalue weighted by Gasteiger charge is -2.31. The fourth-order valence-electron chi connectivity index (χ4n) is 1.35. The number of carbonyl (C=O) groups is 1. The van der Waals surface area contributed by atoms with Crippen LogP contribution in [0.4, 0.5) is 26.3 Å². The summed E-state index contributed by atoms with van der Waals surface area (Å²) < 4.78 is 74.0. The Labute approximate surface area is 105 Å². The van der Waals surface area contributed by atoms with Crippen LogP contribution in [-0.4, -0.2) is 41.6 Å². The molecule has 0 radical (unpaired) electrons. The molecule has 0 N–H and O–H groups in total. The second-order valence-electron chi connectivity index (χ2n) is 3.83. The minimum absolute atomic E-state index is 0.244. The maximum Gasteiger partial charge on any atom is 0.409 e. The lowest BCUT2D eigenvalue weighted by atomic mass is 10.1. The molecule has 0 spiro atoms. The van der Waals surface area contributed by atoms with Crippen LogP contribution in [0.1, 0.15) is 13.8 Å². The molecule has 1 amide bonds. The van der Waals surface area contributed by atoms with Gasteiger partial charge in [0, 0.05) is 18.5 Å². The van der Waals surface area contributed by atoms with Gasteiger partial charge in [-0.3, -0.25) is 4.79 Å². The first-order valence-electron chi connectivity index (χ1n) is 4.92. The Morgan fingerprint density at radius 3 is 1.72 bits per heavy atom. The van der Waals surface area contributed by atoms with Gasteiger partial charge in [0.25, 0.3) is 0 Å². The van der Waals surface area contributed by atoms with Crippen molar-refractivity contribution in [3.05, 3.63) is 0 Å². The third kappa shape index (κ3) is 4.55. The number of alkyl halides is 7. The largest absolute Gasteiger partial charge is 0.409 e. The average molecular weight is 300 g/mol. The normalized spacial score (nSPS) is 13.3. The summed E-state index contributed by atoms with van der Waals surface area (Å²) >= 11 is 5.26. The van der Waals surface area contributed by atoms with E-state index in [2.05, 4.69) is 0 Å². The molecule has 0 heterocycles. The molecule has 0 aromatic carbocycles. The minimum Gasteiger partial charge on any atom is -0.338 e. The van der Waals surface area contributed by atoms with Crippen LogP contribution >= 0.6 is 11.6 Å². The number of nitrogens with zero attached hydrogens (tertiary/aromatic N) is 1. The second kappa shape index (κ2) is 5.99. The van der Waals surface area contributed by atoms with Gasteiger partial charge in [-0.2, -0.15) is 26.3 Å². The molecular formula is C9H12ClF6NO. The number of rotatable bonds is 4. The first-order valence-corrected chi connectivity index (χ1v) is 5.46. The summed E-state index contributed by atoms with van der Waals surface area (Å²) in [6.45, 7) is 2.25. The quantitative estimate of drug-likeness (QED) is 0.576. The van der Waals surface area contributed by atoms with Crippen molar-refractivity contribution in [2.24, 2.45) is 5.92 Å². The molecule has 0 unspecified atom stereocenters. The van der Waals surface area contributed by atoms with E-state index in [4.69, 9.17) is 11.6 Å². The van der Waals surface area contributed by atoms with Gasteiger partial charge in [0.15, 0.2) is 0 Å². The van der Waals surface area contributed by atoms with Crippen LogP contribution in [0.2, 0.25) is 0 Å². The zero-order valence-electron chi connectivity index (χ0n) is 9.57.